The van der Waals surface area contributed by atoms with Crippen molar-refractivity contribution in [3.05, 3.63) is 53.4 Å². The summed E-state index contributed by atoms with van der Waals surface area (Å²) >= 11 is 0. The molecule has 1 heterocycles. The monoisotopic (exact) mass is 340 g/mol. The molecule has 1 aliphatic heterocycles. The van der Waals surface area contributed by atoms with E-state index >= 15 is 0 Å². The summed E-state index contributed by atoms with van der Waals surface area (Å²) in [6, 6.07) is 10.3. The lowest BCUT2D eigenvalue weighted by Crippen LogP contribution is -2.13. The lowest BCUT2D eigenvalue weighted by molar-refractivity contribution is -0.112. The molecule has 0 bridgehead atoms. The molecule has 0 aliphatic carbocycles. The standard InChI is InChI=1S/C18H13FN2O4/c1-23-15-8-17-16(24-10-25-17)7-11(15)6-12(9-20)18(22)21-14-4-2-13(19)3-5-14/h2-8H,10H2,1H3,(H,21,22)/b12-6+. The summed E-state index contributed by atoms with van der Waals surface area (Å²) in [6.45, 7) is 0.0990. The lowest BCUT2D eigenvalue weighted by Gasteiger charge is -2.08. The van der Waals surface area contributed by atoms with Gasteiger partial charge in [0.25, 0.3) is 5.91 Å². The van der Waals surface area contributed by atoms with Gasteiger partial charge in [0.05, 0.1) is 7.11 Å². The molecule has 1 aliphatic rings. The lowest BCUT2D eigenvalue weighted by atomic mass is 10.1. The molecule has 126 valence electrons. The predicted octanol–water partition coefficient (Wildman–Crippen LogP) is 3.11. The summed E-state index contributed by atoms with van der Waals surface area (Å²) in [7, 11) is 1.47. The van der Waals surface area contributed by atoms with Crippen molar-refractivity contribution in [3.8, 4) is 23.3 Å². The number of methoxy groups -OCH3 is 1. The number of nitrogens with zero attached hydrogens (tertiary/aromatic N) is 1. The highest BCUT2D eigenvalue weighted by Crippen LogP contribution is 2.38. The van der Waals surface area contributed by atoms with E-state index in [9.17, 15) is 14.4 Å². The number of hydrogen-bond acceptors (Lipinski definition) is 5. The number of benzene rings is 2. The Bertz CT molecular complexity index is 885. The number of hydrogen-bond donors (Lipinski definition) is 1. The minimum Gasteiger partial charge on any atom is -0.496 e. The molecule has 0 fully saturated rings. The summed E-state index contributed by atoms with van der Waals surface area (Å²) < 4.78 is 28.7. The molecule has 6 nitrogen and oxygen atoms in total. The van der Waals surface area contributed by atoms with Crippen LogP contribution in [0.1, 0.15) is 5.56 Å². The molecule has 0 atom stereocenters. The van der Waals surface area contributed by atoms with Crippen LogP contribution >= 0.6 is 0 Å². The predicted molar refractivity (Wildman–Crippen MR) is 87.7 cm³/mol. The van der Waals surface area contributed by atoms with Gasteiger partial charge in [0.2, 0.25) is 6.79 Å². The van der Waals surface area contributed by atoms with Gasteiger partial charge in [-0.2, -0.15) is 5.26 Å². The minimum atomic E-state index is -0.617. The van der Waals surface area contributed by atoms with Gasteiger partial charge in [0, 0.05) is 17.3 Å². The Hall–Kier alpha value is -3.53. The molecule has 25 heavy (non-hydrogen) atoms. The van der Waals surface area contributed by atoms with Crippen molar-refractivity contribution < 1.29 is 23.4 Å². The van der Waals surface area contributed by atoms with Crippen LogP contribution < -0.4 is 19.5 Å². The first-order chi connectivity index (χ1) is 12.1. The van der Waals surface area contributed by atoms with Gasteiger partial charge < -0.3 is 19.5 Å². The van der Waals surface area contributed by atoms with Crippen molar-refractivity contribution in [2.45, 2.75) is 0 Å². The zero-order valence-corrected chi connectivity index (χ0v) is 13.2. The summed E-state index contributed by atoms with van der Waals surface area (Å²) in [6.07, 6.45) is 1.39. The Morgan fingerprint density at radius 1 is 1.28 bits per heavy atom. The Morgan fingerprint density at radius 3 is 2.60 bits per heavy atom. The third kappa shape index (κ3) is 3.53. The number of amides is 1. The van der Waals surface area contributed by atoms with Crippen molar-refractivity contribution in [1.82, 2.24) is 0 Å². The van der Waals surface area contributed by atoms with Crippen LogP contribution in [0.25, 0.3) is 6.08 Å². The van der Waals surface area contributed by atoms with E-state index in [1.54, 1.807) is 12.1 Å². The Kier molecular flexibility index (Phi) is 4.53. The number of carbonyl (C=O) groups is 1. The fourth-order valence-corrected chi connectivity index (χ4v) is 2.26. The van der Waals surface area contributed by atoms with Crippen LogP contribution in [-0.2, 0) is 4.79 Å². The summed E-state index contributed by atoms with van der Waals surface area (Å²) in [5.41, 5.74) is 0.740. The number of halogens is 1. The van der Waals surface area contributed by atoms with E-state index in [0.29, 0.717) is 28.5 Å². The van der Waals surface area contributed by atoms with Crippen LogP contribution in [-0.4, -0.2) is 19.8 Å². The van der Waals surface area contributed by atoms with Crippen molar-refractivity contribution in [2.75, 3.05) is 19.2 Å². The maximum Gasteiger partial charge on any atom is 0.266 e. The van der Waals surface area contributed by atoms with Gasteiger partial charge in [-0.15, -0.1) is 0 Å². The van der Waals surface area contributed by atoms with E-state index in [0.717, 1.165) is 0 Å². The second-order valence-corrected chi connectivity index (χ2v) is 5.08. The topological polar surface area (TPSA) is 80.6 Å². The highest BCUT2D eigenvalue weighted by atomic mass is 19.1. The van der Waals surface area contributed by atoms with Crippen LogP contribution in [0, 0.1) is 17.1 Å². The highest BCUT2D eigenvalue weighted by molar-refractivity contribution is 6.09. The van der Waals surface area contributed by atoms with E-state index in [1.807, 2.05) is 6.07 Å². The molecule has 0 saturated heterocycles. The van der Waals surface area contributed by atoms with Crippen LogP contribution in [0.4, 0.5) is 10.1 Å². The van der Waals surface area contributed by atoms with Crippen LogP contribution in [0.15, 0.2) is 42.0 Å². The maximum atomic E-state index is 12.9. The number of fused-ring (bicyclic) bond motifs is 1. The number of carbonyl (C=O) groups excluding carboxylic acids is 1. The number of rotatable bonds is 4. The fourth-order valence-electron chi connectivity index (χ4n) is 2.26. The van der Waals surface area contributed by atoms with Gasteiger partial charge in [-0.3, -0.25) is 4.79 Å². The van der Waals surface area contributed by atoms with Gasteiger partial charge in [-0.1, -0.05) is 0 Å². The van der Waals surface area contributed by atoms with Crippen LogP contribution in [0.2, 0.25) is 0 Å². The van der Waals surface area contributed by atoms with Gasteiger partial charge in [-0.25, -0.2) is 4.39 Å². The normalized spacial score (nSPS) is 12.4. The fraction of sp³-hybridized carbons (Fsp3) is 0.111. The summed E-state index contributed by atoms with van der Waals surface area (Å²) in [4.78, 5) is 12.3. The molecular weight excluding hydrogens is 327 g/mol. The second kappa shape index (κ2) is 6.93. The van der Waals surface area contributed by atoms with E-state index in [1.165, 1.54) is 37.5 Å². The first-order valence-electron chi connectivity index (χ1n) is 7.27. The van der Waals surface area contributed by atoms with Crippen LogP contribution in [0.3, 0.4) is 0 Å². The van der Waals surface area contributed by atoms with E-state index in [-0.39, 0.29) is 12.4 Å². The number of nitriles is 1. The summed E-state index contributed by atoms with van der Waals surface area (Å²) in [5, 5.41) is 11.8. The molecule has 1 amide bonds. The minimum absolute atomic E-state index is 0.0990. The van der Waals surface area contributed by atoms with E-state index in [4.69, 9.17) is 14.2 Å². The number of anilines is 1. The SMILES string of the molecule is COc1cc2c(cc1/C=C(\C#N)C(=O)Nc1ccc(F)cc1)OCO2. The van der Waals surface area contributed by atoms with E-state index in [2.05, 4.69) is 5.32 Å². The largest absolute Gasteiger partial charge is 0.496 e. The number of ether oxygens (including phenoxy) is 3. The average molecular weight is 340 g/mol. The first-order valence-corrected chi connectivity index (χ1v) is 7.27. The molecule has 2 aromatic rings. The van der Waals surface area contributed by atoms with Gasteiger partial charge in [0.1, 0.15) is 23.2 Å². The maximum absolute atomic E-state index is 12.9. The molecular formula is C18H13FN2O4. The van der Waals surface area contributed by atoms with Gasteiger partial charge >= 0.3 is 0 Å². The third-order valence-corrected chi connectivity index (χ3v) is 3.49. The Balaban J connectivity index is 1.88. The smallest absolute Gasteiger partial charge is 0.266 e. The van der Waals surface area contributed by atoms with Gasteiger partial charge in [-0.05, 0) is 36.4 Å². The molecule has 3 rings (SSSR count). The molecule has 0 radical (unpaired) electrons. The molecule has 0 saturated carbocycles. The quantitative estimate of drug-likeness (QED) is 0.683. The Morgan fingerprint density at radius 2 is 1.96 bits per heavy atom. The molecule has 7 heteroatoms. The zero-order chi connectivity index (χ0) is 17.8. The van der Waals surface area contributed by atoms with Crippen molar-refractivity contribution >= 4 is 17.7 Å². The average Bonchev–Trinajstić information content (AvgIpc) is 3.07. The van der Waals surface area contributed by atoms with Gasteiger partial charge in [0.15, 0.2) is 11.5 Å². The van der Waals surface area contributed by atoms with E-state index < -0.39 is 11.7 Å². The Labute approximate surface area is 143 Å². The third-order valence-electron chi connectivity index (χ3n) is 3.49. The van der Waals surface area contributed by atoms with Crippen molar-refractivity contribution in [1.29, 1.82) is 5.26 Å². The zero-order valence-electron chi connectivity index (χ0n) is 13.2. The molecule has 0 unspecified atom stereocenters. The molecule has 2 aromatic carbocycles. The van der Waals surface area contributed by atoms with Crippen LogP contribution in [0.5, 0.6) is 17.2 Å². The molecule has 1 N–H and O–H groups in total. The highest BCUT2D eigenvalue weighted by Gasteiger charge is 2.18. The van der Waals surface area contributed by atoms with Crippen molar-refractivity contribution in [3.63, 3.8) is 0 Å². The van der Waals surface area contributed by atoms with Crippen molar-refractivity contribution in [2.24, 2.45) is 0 Å². The first kappa shape index (κ1) is 16.3. The summed E-state index contributed by atoms with van der Waals surface area (Å²) in [5.74, 6) is 0.436. The molecule has 0 spiro atoms. The number of nitrogens with one attached hydrogen (secondary N) is 1. The second-order valence-electron chi connectivity index (χ2n) is 5.08. The molecule has 0 aromatic heterocycles.